The van der Waals surface area contributed by atoms with Crippen molar-refractivity contribution in [3.63, 3.8) is 0 Å². The van der Waals surface area contributed by atoms with Crippen LogP contribution in [-0.2, 0) is 0 Å². The molecule has 7 heteroatoms. The van der Waals surface area contributed by atoms with Crippen molar-refractivity contribution >= 4 is 5.69 Å². The molecule has 0 aromatic heterocycles. The van der Waals surface area contributed by atoms with Gasteiger partial charge in [0.05, 0.1) is 22.3 Å². The van der Waals surface area contributed by atoms with Gasteiger partial charge in [-0.05, 0) is 48.5 Å². The maximum atomic E-state index is 9.14. The molecule has 0 spiro atoms. The Labute approximate surface area is 166 Å². The van der Waals surface area contributed by atoms with E-state index >= 15 is 0 Å². The minimum absolute atomic E-state index is 0.192. The third-order valence-electron chi connectivity index (χ3n) is 3.95. The first-order valence-corrected chi connectivity index (χ1v) is 8.22. The predicted molar refractivity (Wildman–Crippen MR) is 103 cm³/mol. The van der Waals surface area contributed by atoms with Crippen LogP contribution in [0.5, 0.6) is 23.0 Å². The Kier molecular flexibility index (Phi) is 5.28. The fourth-order valence-corrected chi connectivity index (χ4v) is 2.51. The first-order valence-electron chi connectivity index (χ1n) is 8.22. The number of nitrogens with zero attached hydrogens (tertiary/aromatic N) is 4. The van der Waals surface area contributed by atoms with E-state index in [1.165, 1.54) is 24.3 Å². The molecule has 0 aliphatic carbocycles. The summed E-state index contributed by atoms with van der Waals surface area (Å²) in [4.78, 5) is 0. The van der Waals surface area contributed by atoms with E-state index in [1.54, 1.807) is 30.3 Å². The zero-order valence-electron chi connectivity index (χ0n) is 14.9. The maximum Gasteiger partial charge on any atom is 0.154 e. The van der Waals surface area contributed by atoms with Crippen molar-refractivity contribution in [2.75, 3.05) is 5.73 Å². The molecule has 0 amide bonds. The van der Waals surface area contributed by atoms with Gasteiger partial charge in [0.1, 0.15) is 41.5 Å². The Balaban J connectivity index is 1.90. The van der Waals surface area contributed by atoms with Crippen LogP contribution >= 0.6 is 0 Å². The van der Waals surface area contributed by atoms with Crippen LogP contribution < -0.4 is 15.2 Å². The third-order valence-corrected chi connectivity index (χ3v) is 3.95. The smallest absolute Gasteiger partial charge is 0.154 e. The summed E-state index contributed by atoms with van der Waals surface area (Å²) in [6, 6.07) is 21.7. The fraction of sp³-hybridized carbons (Fsp3) is 0. The van der Waals surface area contributed by atoms with Gasteiger partial charge in [-0.15, -0.1) is 0 Å². The summed E-state index contributed by atoms with van der Waals surface area (Å²) >= 11 is 0. The topological polar surface area (TPSA) is 140 Å². The molecule has 29 heavy (non-hydrogen) atoms. The van der Waals surface area contributed by atoms with Crippen molar-refractivity contribution in [1.29, 1.82) is 21.0 Å². The lowest BCUT2D eigenvalue weighted by atomic mass is 10.1. The number of nitrogens with two attached hydrogens (primary N) is 1. The van der Waals surface area contributed by atoms with Gasteiger partial charge in [-0.3, -0.25) is 0 Å². The molecule has 0 saturated carbocycles. The predicted octanol–water partition coefficient (Wildman–Crippen LogP) is 4.34. The molecular weight excluding hydrogens is 366 g/mol. The number of para-hydroxylation sites is 1. The van der Waals surface area contributed by atoms with Crippen LogP contribution in [0.2, 0.25) is 0 Å². The van der Waals surface area contributed by atoms with Crippen molar-refractivity contribution in [2.24, 2.45) is 0 Å². The number of nitriles is 4. The highest BCUT2D eigenvalue weighted by Gasteiger charge is 2.12. The van der Waals surface area contributed by atoms with Gasteiger partial charge in [-0.2, -0.15) is 21.0 Å². The molecule has 0 saturated heterocycles. The van der Waals surface area contributed by atoms with Crippen molar-refractivity contribution in [2.45, 2.75) is 0 Å². The van der Waals surface area contributed by atoms with Gasteiger partial charge >= 0.3 is 0 Å². The maximum absolute atomic E-state index is 9.14. The number of anilines is 1. The van der Waals surface area contributed by atoms with Crippen LogP contribution in [0.1, 0.15) is 22.3 Å². The van der Waals surface area contributed by atoms with E-state index in [4.69, 9.17) is 36.3 Å². The van der Waals surface area contributed by atoms with Gasteiger partial charge in [0, 0.05) is 0 Å². The van der Waals surface area contributed by atoms with Crippen molar-refractivity contribution in [3.05, 3.63) is 76.9 Å². The summed E-state index contributed by atoms with van der Waals surface area (Å²) in [5, 5.41) is 36.3. The molecule has 0 bridgehead atoms. The standard InChI is InChI=1S/C22H11N5O2/c23-10-14-4-6-18(8-16(14)12-25)28-20-2-1-3-21(22(20)27)29-19-7-5-15(11-24)17(9-19)13-26/h1-9H,27H2. The number of hydrogen-bond acceptors (Lipinski definition) is 7. The summed E-state index contributed by atoms with van der Waals surface area (Å²) in [6.07, 6.45) is 0. The highest BCUT2D eigenvalue weighted by molar-refractivity contribution is 5.65. The summed E-state index contributed by atoms with van der Waals surface area (Å²) in [6.45, 7) is 0. The van der Waals surface area contributed by atoms with E-state index in [1.807, 2.05) is 24.3 Å². The lowest BCUT2D eigenvalue weighted by Crippen LogP contribution is -1.97. The molecule has 0 heterocycles. The SMILES string of the molecule is N#Cc1ccc(Oc2cccc(Oc3ccc(C#N)c(C#N)c3)c2N)cc1C#N. The van der Waals surface area contributed by atoms with Crippen LogP contribution in [0.15, 0.2) is 54.6 Å². The van der Waals surface area contributed by atoms with Gasteiger partial charge < -0.3 is 15.2 Å². The highest BCUT2D eigenvalue weighted by atomic mass is 16.5. The molecule has 0 atom stereocenters. The number of benzene rings is 3. The number of rotatable bonds is 4. The molecule has 3 aromatic rings. The molecule has 3 aromatic carbocycles. The summed E-state index contributed by atoms with van der Waals surface area (Å²) in [5.41, 5.74) is 7.24. The molecule has 136 valence electrons. The van der Waals surface area contributed by atoms with Crippen molar-refractivity contribution in [3.8, 4) is 47.3 Å². The largest absolute Gasteiger partial charge is 0.455 e. The molecule has 0 fully saturated rings. The monoisotopic (exact) mass is 377 g/mol. The molecular formula is C22H11N5O2. The van der Waals surface area contributed by atoms with Gasteiger partial charge in [-0.25, -0.2) is 0 Å². The lowest BCUT2D eigenvalue weighted by molar-refractivity contribution is 0.464. The molecule has 7 nitrogen and oxygen atoms in total. The third kappa shape index (κ3) is 3.91. The first-order chi connectivity index (χ1) is 14.1. The zero-order valence-corrected chi connectivity index (χ0v) is 14.9. The summed E-state index contributed by atoms with van der Waals surface area (Å²) in [5.74, 6) is 1.28. The molecule has 0 aliphatic rings. The van der Waals surface area contributed by atoms with Crippen LogP contribution in [-0.4, -0.2) is 0 Å². The van der Waals surface area contributed by atoms with E-state index in [2.05, 4.69) is 0 Å². The Morgan fingerprint density at radius 1 is 0.586 bits per heavy atom. The van der Waals surface area contributed by atoms with Crippen molar-refractivity contribution in [1.82, 2.24) is 0 Å². The van der Waals surface area contributed by atoms with E-state index in [0.717, 1.165) is 0 Å². The van der Waals surface area contributed by atoms with E-state index in [-0.39, 0.29) is 27.9 Å². The number of hydrogen-bond donors (Lipinski definition) is 1. The van der Waals surface area contributed by atoms with Gasteiger partial charge in [-0.1, -0.05) is 6.07 Å². The molecule has 0 radical (unpaired) electrons. The minimum Gasteiger partial charge on any atom is -0.455 e. The second-order valence-corrected chi connectivity index (χ2v) is 5.73. The fourth-order valence-electron chi connectivity index (χ4n) is 2.51. The Bertz CT molecular complexity index is 1170. The second-order valence-electron chi connectivity index (χ2n) is 5.73. The summed E-state index contributed by atoms with van der Waals surface area (Å²) < 4.78 is 11.5. The van der Waals surface area contributed by atoms with E-state index in [0.29, 0.717) is 23.0 Å². The zero-order chi connectivity index (χ0) is 20.8. The Morgan fingerprint density at radius 2 is 1.00 bits per heavy atom. The average Bonchev–Trinajstić information content (AvgIpc) is 2.76. The van der Waals surface area contributed by atoms with Crippen LogP contribution in [0.4, 0.5) is 5.69 Å². The molecule has 2 N–H and O–H groups in total. The Hall–Kier alpha value is -4.98. The molecule has 3 rings (SSSR count). The Morgan fingerprint density at radius 3 is 1.38 bits per heavy atom. The average molecular weight is 377 g/mol. The molecule has 0 unspecified atom stereocenters. The van der Waals surface area contributed by atoms with Gasteiger partial charge in [0.25, 0.3) is 0 Å². The number of ether oxygens (including phenoxy) is 2. The summed E-state index contributed by atoms with van der Waals surface area (Å²) in [7, 11) is 0. The van der Waals surface area contributed by atoms with Crippen LogP contribution in [0, 0.1) is 45.3 Å². The number of nitrogen functional groups attached to an aromatic ring is 1. The van der Waals surface area contributed by atoms with E-state index < -0.39 is 0 Å². The van der Waals surface area contributed by atoms with Crippen molar-refractivity contribution < 1.29 is 9.47 Å². The molecule has 0 aliphatic heterocycles. The van der Waals surface area contributed by atoms with Crippen LogP contribution in [0.3, 0.4) is 0 Å². The van der Waals surface area contributed by atoms with E-state index in [9.17, 15) is 0 Å². The quantitative estimate of drug-likeness (QED) is 0.667. The highest BCUT2D eigenvalue weighted by Crippen LogP contribution is 2.37. The minimum atomic E-state index is 0.192. The normalized spacial score (nSPS) is 9.38. The first kappa shape index (κ1) is 18.8. The van der Waals surface area contributed by atoms with Gasteiger partial charge in [0.15, 0.2) is 11.5 Å². The lowest BCUT2D eigenvalue weighted by Gasteiger charge is -2.13. The van der Waals surface area contributed by atoms with Crippen LogP contribution in [0.25, 0.3) is 0 Å². The second kappa shape index (κ2) is 8.14. The van der Waals surface area contributed by atoms with Gasteiger partial charge in [0.2, 0.25) is 0 Å².